The lowest BCUT2D eigenvalue weighted by Gasteiger charge is -2.29. The molecule has 2 atom stereocenters. The topological polar surface area (TPSA) is 61.9 Å². The predicted octanol–water partition coefficient (Wildman–Crippen LogP) is 3.71. The van der Waals surface area contributed by atoms with E-state index in [2.05, 4.69) is 26.1 Å². The summed E-state index contributed by atoms with van der Waals surface area (Å²) in [5.41, 5.74) is 2.85. The van der Waals surface area contributed by atoms with Crippen molar-refractivity contribution in [3.8, 4) is 0 Å². The van der Waals surface area contributed by atoms with Gasteiger partial charge in [0.05, 0.1) is 18.9 Å². The molecule has 2 aromatic rings. The first kappa shape index (κ1) is 23.8. The summed E-state index contributed by atoms with van der Waals surface area (Å²) in [7, 11) is 0. The summed E-state index contributed by atoms with van der Waals surface area (Å²) >= 11 is 0. The first-order chi connectivity index (χ1) is 16.7. The third kappa shape index (κ3) is 4.92. The maximum absolute atomic E-state index is 14.6. The SMILES string of the molecule is CC(C)(C)c1ccc(C(=O)N2CC3C(CNC(=O)c4ccc(N5CCOCC5)c(F)c4)C3C2)cc1. The van der Waals surface area contributed by atoms with E-state index in [1.165, 1.54) is 11.6 Å². The molecule has 1 aliphatic carbocycles. The number of amides is 2. The number of likely N-dealkylation sites (tertiary alicyclic amines) is 1. The van der Waals surface area contributed by atoms with E-state index in [4.69, 9.17) is 4.74 Å². The molecule has 3 fully saturated rings. The van der Waals surface area contributed by atoms with Crippen LogP contribution in [0.1, 0.15) is 47.1 Å². The van der Waals surface area contributed by atoms with Crippen LogP contribution in [0.5, 0.6) is 0 Å². The summed E-state index contributed by atoms with van der Waals surface area (Å²) in [6, 6.07) is 12.6. The third-order valence-electron chi connectivity index (χ3n) is 7.72. The fraction of sp³-hybridized carbons (Fsp3) is 0.500. The fourth-order valence-electron chi connectivity index (χ4n) is 5.43. The van der Waals surface area contributed by atoms with Gasteiger partial charge in [-0.25, -0.2) is 4.39 Å². The smallest absolute Gasteiger partial charge is 0.253 e. The van der Waals surface area contributed by atoms with Crippen molar-refractivity contribution in [2.75, 3.05) is 50.8 Å². The molecule has 35 heavy (non-hydrogen) atoms. The van der Waals surface area contributed by atoms with Crippen molar-refractivity contribution in [1.29, 1.82) is 0 Å². The van der Waals surface area contributed by atoms with Crippen LogP contribution in [-0.2, 0) is 10.2 Å². The van der Waals surface area contributed by atoms with Crippen LogP contribution in [0.4, 0.5) is 10.1 Å². The first-order valence-electron chi connectivity index (χ1n) is 12.5. The number of morpholine rings is 1. The van der Waals surface area contributed by atoms with Crippen molar-refractivity contribution in [2.45, 2.75) is 26.2 Å². The van der Waals surface area contributed by atoms with Crippen LogP contribution in [0.15, 0.2) is 42.5 Å². The van der Waals surface area contributed by atoms with E-state index < -0.39 is 0 Å². The van der Waals surface area contributed by atoms with Crippen LogP contribution in [0, 0.1) is 23.6 Å². The monoisotopic (exact) mass is 479 g/mol. The molecule has 0 aromatic heterocycles. The molecule has 1 N–H and O–H groups in total. The number of piperidine rings is 1. The zero-order valence-corrected chi connectivity index (χ0v) is 20.7. The van der Waals surface area contributed by atoms with E-state index in [1.807, 2.05) is 34.1 Å². The molecular weight excluding hydrogens is 445 g/mol. The second-order valence-corrected chi connectivity index (χ2v) is 11.0. The summed E-state index contributed by atoms with van der Waals surface area (Å²) in [5.74, 6) is 0.670. The standard InChI is InChI=1S/C28H34FN3O3/c1-28(2,3)20-7-4-18(5-8-20)27(34)32-16-22-21(23(22)17-32)15-30-26(33)19-6-9-25(24(29)14-19)31-10-12-35-13-11-31/h4-9,14,21-23H,10-13,15-17H2,1-3H3,(H,30,33). The molecule has 2 heterocycles. The lowest BCUT2D eigenvalue weighted by atomic mass is 9.86. The van der Waals surface area contributed by atoms with Crippen molar-refractivity contribution in [3.05, 3.63) is 65.0 Å². The second kappa shape index (κ2) is 9.26. The Hall–Kier alpha value is -2.93. The van der Waals surface area contributed by atoms with Gasteiger partial charge in [-0.05, 0) is 59.1 Å². The van der Waals surface area contributed by atoms with Crippen LogP contribution in [0.25, 0.3) is 0 Å². The lowest BCUT2D eigenvalue weighted by Crippen LogP contribution is -2.37. The molecule has 3 aliphatic rings. The highest BCUT2D eigenvalue weighted by molar-refractivity contribution is 5.95. The van der Waals surface area contributed by atoms with Gasteiger partial charge >= 0.3 is 0 Å². The number of nitrogens with one attached hydrogen (secondary N) is 1. The molecular formula is C28H34FN3O3. The number of rotatable bonds is 5. The van der Waals surface area contributed by atoms with Crippen LogP contribution in [-0.4, -0.2) is 62.7 Å². The average Bonchev–Trinajstić information content (AvgIpc) is 3.30. The third-order valence-corrected chi connectivity index (χ3v) is 7.72. The minimum absolute atomic E-state index is 0.0606. The van der Waals surface area contributed by atoms with Crippen molar-refractivity contribution in [2.24, 2.45) is 17.8 Å². The van der Waals surface area contributed by atoms with Gasteiger partial charge in [-0.15, -0.1) is 0 Å². The van der Waals surface area contributed by atoms with E-state index in [0.717, 1.165) is 18.7 Å². The number of carbonyl (C=O) groups excluding carboxylic acids is 2. The van der Waals surface area contributed by atoms with Crippen molar-refractivity contribution in [3.63, 3.8) is 0 Å². The van der Waals surface area contributed by atoms with Crippen molar-refractivity contribution < 1.29 is 18.7 Å². The molecule has 6 nitrogen and oxygen atoms in total. The molecule has 2 saturated heterocycles. The van der Waals surface area contributed by atoms with Gasteiger partial charge in [-0.1, -0.05) is 32.9 Å². The maximum atomic E-state index is 14.6. The fourth-order valence-corrected chi connectivity index (χ4v) is 5.43. The number of hydrogen-bond donors (Lipinski definition) is 1. The molecule has 186 valence electrons. The minimum Gasteiger partial charge on any atom is -0.378 e. The number of ether oxygens (including phenoxy) is 1. The largest absolute Gasteiger partial charge is 0.378 e. The number of anilines is 1. The molecule has 0 radical (unpaired) electrons. The van der Waals surface area contributed by atoms with E-state index in [9.17, 15) is 14.0 Å². The zero-order chi connectivity index (χ0) is 24.7. The number of hydrogen-bond acceptors (Lipinski definition) is 4. The van der Waals surface area contributed by atoms with Gasteiger partial charge in [0.25, 0.3) is 11.8 Å². The quantitative estimate of drug-likeness (QED) is 0.710. The Morgan fingerprint density at radius 2 is 1.63 bits per heavy atom. The van der Waals surface area contributed by atoms with E-state index in [-0.39, 0.29) is 23.0 Å². The molecule has 1 saturated carbocycles. The molecule has 7 heteroatoms. The number of benzene rings is 2. The van der Waals surface area contributed by atoms with Crippen LogP contribution < -0.4 is 10.2 Å². The highest BCUT2D eigenvalue weighted by Gasteiger charge is 2.56. The molecule has 0 bridgehead atoms. The Morgan fingerprint density at radius 3 is 2.23 bits per heavy atom. The van der Waals surface area contributed by atoms with Gasteiger partial charge in [-0.3, -0.25) is 9.59 Å². The Balaban J connectivity index is 1.10. The Morgan fingerprint density at radius 1 is 1.00 bits per heavy atom. The summed E-state index contributed by atoms with van der Waals surface area (Å²) in [5, 5.41) is 2.97. The average molecular weight is 480 g/mol. The van der Waals surface area contributed by atoms with Gasteiger partial charge in [0.1, 0.15) is 5.82 Å². The van der Waals surface area contributed by atoms with E-state index >= 15 is 0 Å². The van der Waals surface area contributed by atoms with Crippen LogP contribution >= 0.6 is 0 Å². The Labute approximate surface area is 206 Å². The Kier molecular flexibility index (Phi) is 6.30. The van der Waals surface area contributed by atoms with E-state index in [0.29, 0.717) is 61.9 Å². The molecule has 0 spiro atoms. The lowest BCUT2D eigenvalue weighted by molar-refractivity contribution is 0.0765. The van der Waals surface area contributed by atoms with Gasteiger partial charge in [0.2, 0.25) is 0 Å². The van der Waals surface area contributed by atoms with Gasteiger partial charge in [0.15, 0.2) is 0 Å². The highest BCUT2D eigenvalue weighted by Crippen LogP contribution is 2.51. The minimum atomic E-state index is -0.382. The molecule has 2 aromatic carbocycles. The first-order valence-corrected chi connectivity index (χ1v) is 12.5. The predicted molar refractivity (Wildman–Crippen MR) is 133 cm³/mol. The molecule has 2 aliphatic heterocycles. The molecule has 2 amide bonds. The summed E-state index contributed by atoms with van der Waals surface area (Å²) in [4.78, 5) is 29.4. The maximum Gasteiger partial charge on any atom is 0.253 e. The zero-order valence-electron chi connectivity index (χ0n) is 20.7. The summed E-state index contributed by atoms with van der Waals surface area (Å²) < 4.78 is 20.0. The van der Waals surface area contributed by atoms with Gasteiger partial charge in [0, 0.05) is 43.9 Å². The molecule has 2 unspecified atom stereocenters. The van der Waals surface area contributed by atoms with Crippen LogP contribution in [0.3, 0.4) is 0 Å². The van der Waals surface area contributed by atoms with Crippen LogP contribution in [0.2, 0.25) is 0 Å². The van der Waals surface area contributed by atoms with Crippen molar-refractivity contribution >= 4 is 17.5 Å². The summed E-state index contributed by atoms with van der Waals surface area (Å²) in [6.07, 6.45) is 0. The van der Waals surface area contributed by atoms with Gasteiger partial charge < -0.3 is 19.9 Å². The second-order valence-electron chi connectivity index (χ2n) is 11.0. The van der Waals surface area contributed by atoms with Crippen molar-refractivity contribution in [1.82, 2.24) is 10.2 Å². The van der Waals surface area contributed by atoms with Gasteiger partial charge in [-0.2, -0.15) is 0 Å². The Bertz CT molecular complexity index is 1090. The number of fused-ring (bicyclic) bond motifs is 1. The summed E-state index contributed by atoms with van der Waals surface area (Å²) in [6.45, 7) is 11.0. The number of nitrogens with zero attached hydrogens (tertiary/aromatic N) is 2. The highest BCUT2D eigenvalue weighted by atomic mass is 19.1. The number of carbonyl (C=O) groups is 2. The van der Waals surface area contributed by atoms with E-state index in [1.54, 1.807) is 12.1 Å². The molecule has 5 rings (SSSR count). The number of halogens is 1. The normalized spacial score (nSPS) is 23.7.